The molecule has 2 atom stereocenters. The summed E-state index contributed by atoms with van der Waals surface area (Å²) >= 11 is 0. The van der Waals surface area contributed by atoms with E-state index in [0.29, 0.717) is 6.04 Å². The van der Waals surface area contributed by atoms with E-state index in [0.717, 1.165) is 5.92 Å². The minimum Gasteiger partial charge on any atom is -0.327 e. The predicted molar refractivity (Wildman–Crippen MR) is 55.5 cm³/mol. The molecule has 13 heavy (non-hydrogen) atoms. The van der Waals surface area contributed by atoms with Crippen LogP contribution in [0.15, 0.2) is 30.3 Å². The highest BCUT2D eigenvalue weighted by Crippen LogP contribution is 2.27. The Hall–Kier alpha value is -0.820. The van der Waals surface area contributed by atoms with E-state index in [9.17, 15) is 0 Å². The molecule has 70 valence electrons. The maximum absolute atomic E-state index is 6.03. The van der Waals surface area contributed by atoms with Crippen LogP contribution in [0.5, 0.6) is 0 Å². The van der Waals surface area contributed by atoms with E-state index in [1.54, 1.807) is 0 Å². The van der Waals surface area contributed by atoms with E-state index in [1.807, 2.05) is 0 Å². The maximum atomic E-state index is 6.03. The Morgan fingerprint density at radius 2 is 1.92 bits per heavy atom. The summed E-state index contributed by atoms with van der Waals surface area (Å²) in [7, 11) is 0. The highest BCUT2D eigenvalue weighted by molar-refractivity contribution is 5.15. The van der Waals surface area contributed by atoms with Crippen molar-refractivity contribution in [3.8, 4) is 0 Å². The normalized spacial score (nSPS) is 27.8. The number of rotatable bonds is 2. The fraction of sp³-hybridized carbons (Fsp3) is 0.500. The first-order valence-corrected chi connectivity index (χ1v) is 5.16. The van der Waals surface area contributed by atoms with Gasteiger partial charge in [0.15, 0.2) is 0 Å². The molecule has 0 heterocycles. The topological polar surface area (TPSA) is 26.0 Å². The SMILES string of the molecule is NC1CCC[C@@H]1Cc1ccccc1. The third-order valence-corrected chi connectivity index (χ3v) is 3.06. The number of hydrogen-bond donors (Lipinski definition) is 1. The second-order valence-corrected chi connectivity index (χ2v) is 4.04. The van der Waals surface area contributed by atoms with Crippen LogP contribution in [0.1, 0.15) is 24.8 Å². The van der Waals surface area contributed by atoms with Crippen LogP contribution in [0.3, 0.4) is 0 Å². The molecule has 1 aromatic rings. The van der Waals surface area contributed by atoms with Crippen LogP contribution in [-0.4, -0.2) is 6.04 Å². The van der Waals surface area contributed by atoms with Gasteiger partial charge in [0.25, 0.3) is 0 Å². The van der Waals surface area contributed by atoms with Crippen molar-refractivity contribution in [3.63, 3.8) is 0 Å². The van der Waals surface area contributed by atoms with Gasteiger partial charge in [-0.25, -0.2) is 0 Å². The molecule has 1 heteroatoms. The molecule has 0 bridgehead atoms. The largest absolute Gasteiger partial charge is 0.327 e. The molecule has 1 unspecified atom stereocenters. The molecule has 1 aromatic carbocycles. The van der Waals surface area contributed by atoms with Gasteiger partial charge in [-0.1, -0.05) is 36.8 Å². The van der Waals surface area contributed by atoms with Crippen LogP contribution in [0.2, 0.25) is 0 Å². The van der Waals surface area contributed by atoms with Crippen molar-refractivity contribution in [2.75, 3.05) is 0 Å². The van der Waals surface area contributed by atoms with Crippen molar-refractivity contribution in [2.24, 2.45) is 11.7 Å². The molecule has 0 aliphatic heterocycles. The minimum absolute atomic E-state index is 0.445. The third kappa shape index (κ3) is 2.10. The van der Waals surface area contributed by atoms with Gasteiger partial charge in [-0.2, -0.15) is 0 Å². The molecule has 0 aromatic heterocycles. The summed E-state index contributed by atoms with van der Waals surface area (Å²) in [5.74, 6) is 0.724. The fourth-order valence-corrected chi connectivity index (χ4v) is 2.24. The van der Waals surface area contributed by atoms with Gasteiger partial charge in [0.05, 0.1) is 0 Å². The molecule has 0 radical (unpaired) electrons. The summed E-state index contributed by atoms with van der Waals surface area (Å²) in [6.07, 6.45) is 5.02. The van der Waals surface area contributed by atoms with Gasteiger partial charge < -0.3 is 5.73 Å². The number of nitrogens with two attached hydrogens (primary N) is 1. The van der Waals surface area contributed by atoms with Crippen LogP contribution in [0.25, 0.3) is 0 Å². The van der Waals surface area contributed by atoms with Crippen molar-refractivity contribution >= 4 is 0 Å². The molecule has 1 aliphatic rings. The van der Waals surface area contributed by atoms with Crippen LogP contribution < -0.4 is 5.73 Å². The first kappa shape index (κ1) is 8.76. The smallest absolute Gasteiger partial charge is 0.00703 e. The first-order valence-electron chi connectivity index (χ1n) is 5.16. The highest BCUT2D eigenvalue weighted by atomic mass is 14.7. The van der Waals surface area contributed by atoms with Gasteiger partial charge >= 0.3 is 0 Å². The molecular formula is C12H17N. The van der Waals surface area contributed by atoms with Crippen molar-refractivity contribution in [3.05, 3.63) is 35.9 Å². The summed E-state index contributed by atoms with van der Waals surface area (Å²) in [5.41, 5.74) is 7.46. The lowest BCUT2D eigenvalue weighted by molar-refractivity contribution is 0.479. The lowest BCUT2D eigenvalue weighted by Crippen LogP contribution is -2.25. The van der Waals surface area contributed by atoms with Crippen LogP contribution >= 0.6 is 0 Å². The van der Waals surface area contributed by atoms with Gasteiger partial charge in [-0.3, -0.25) is 0 Å². The van der Waals surface area contributed by atoms with Crippen LogP contribution in [0, 0.1) is 5.92 Å². The standard InChI is InChI=1S/C12H17N/c13-12-8-4-7-11(12)9-10-5-2-1-3-6-10/h1-3,5-6,11-12H,4,7-9,13H2/t11-,12?/m1/s1. The zero-order valence-electron chi connectivity index (χ0n) is 7.95. The van der Waals surface area contributed by atoms with E-state index in [-0.39, 0.29) is 0 Å². The Bertz CT molecular complexity index is 255. The van der Waals surface area contributed by atoms with Crippen molar-refractivity contribution in [1.29, 1.82) is 0 Å². The molecule has 0 amide bonds. The molecular weight excluding hydrogens is 158 g/mol. The lowest BCUT2D eigenvalue weighted by atomic mass is 9.95. The molecule has 1 fully saturated rings. The summed E-state index contributed by atoms with van der Waals surface area (Å²) in [6.45, 7) is 0. The van der Waals surface area contributed by atoms with E-state index < -0.39 is 0 Å². The first-order chi connectivity index (χ1) is 6.36. The zero-order valence-corrected chi connectivity index (χ0v) is 7.95. The molecule has 2 rings (SSSR count). The van der Waals surface area contributed by atoms with Crippen LogP contribution in [-0.2, 0) is 6.42 Å². The van der Waals surface area contributed by atoms with Crippen LogP contribution in [0.4, 0.5) is 0 Å². The molecule has 0 spiro atoms. The third-order valence-electron chi connectivity index (χ3n) is 3.06. The van der Waals surface area contributed by atoms with Crippen molar-refractivity contribution in [1.82, 2.24) is 0 Å². The van der Waals surface area contributed by atoms with Crippen molar-refractivity contribution < 1.29 is 0 Å². The Kier molecular flexibility index (Phi) is 2.65. The van der Waals surface area contributed by atoms with Gasteiger partial charge in [0.1, 0.15) is 0 Å². The van der Waals surface area contributed by atoms with E-state index >= 15 is 0 Å². The Balaban J connectivity index is 1.98. The molecule has 1 saturated carbocycles. The Morgan fingerprint density at radius 1 is 1.15 bits per heavy atom. The molecule has 2 N–H and O–H groups in total. The van der Waals surface area contributed by atoms with E-state index in [4.69, 9.17) is 5.73 Å². The number of hydrogen-bond acceptors (Lipinski definition) is 1. The lowest BCUT2D eigenvalue weighted by Gasteiger charge is -2.14. The fourth-order valence-electron chi connectivity index (χ4n) is 2.24. The minimum atomic E-state index is 0.445. The average molecular weight is 175 g/mol. The molecule has 1 aliphatic carbocycles. The van der Waals surface area contributed by atoms with Crippen molar-refractivity contribution in [2.45, 2.75) is 31.7 Å². The van der Waals surface area contributed by atoms with Gasteiger partial charge in [0, 0.05) is 6.04 Å². The molecule has 1 nitrogen and oxygen atoms in total. The summed E-state index contributed by atoms with van der Waals surface area (Å²) in [6, 6.07) is 11.1. The monoisotopic (exact) mass is 175 g/mol. The van der Waals surface area contributed by atoms with E-state index in [2.05, 4.69) is 30.3 Å². The number of benzene rings is 1. The quantitative estimate of drug-likeness (QED) is 0.733. The second-order valence-electron chi connectivity index (χ2n) is 4.04. The Morgan fingerprint density at radius 3 is 2.54 bits per heavy atom. The average Bonchev–Trinajstić information content (AvgIpc) is 2.54. The predicted octanol–water partition coefficient (Wildman–Crippen LogP) is 2.36. The van der Waals surface area contributed by atoms with Gasteiger partial charge in [-0.15, -0.1) is 0 Å². The summed E-state index contributed by atoms with van der Waals surface area (Å²) in [5, 5.41) is 0. The molecule has 0 saturated heterocycles. The summed E-state index contributed by atoms with van der Waals surface area (Å²) in [4.78, 5) is 0. The van der Waals surface area contributed by atoms with Gasteiger partial charge in [0.2, 0.25) is 0 Å². The maximum Gasteiger partial charge on any atom is 0.00703 e. The zero-order chi connectivity index (χ0) is 9.10. The highest BCUT2D eigenvalue weighted by Gasteiger charge is 2.23. The second kappa shape index (κ2) is 3.93. The van der Waals surface area contributed by atoms with E-state index in [1.165, 1.54) is 31.2 Å². The van der Waals surface area contributed by atoms with Gasteiger partial charge in [-0.05, 0) is 30.7 Å². The Labute approximate surface area is 80.0 Å². The summed E-state index contributed by atoms with van der Waals surface area (Å²) < 4.78 is 0.